The number of aliphatic carboxylic acids is 1. The van der Waals surface area contributed by atoms with Gasteiger partial charge in [0, 0.05) is 18.7 Å². The van der Waals surface area contributed by atoms with E-state index in [1.807, 2.05) is 19.0 Å². The smallest absolute Gasteiger partial charge is 0.312 e. The molecule has 4 N–H and O–H groups in total. The molecule has 1 aromatic rings. The highest BCUT2D eigenvalue weighted by atomic mass is 16.4. The third kappa shape index (κ3) is 3.21. The number of phenols is 1. The molecular weight excluding hydrogens is 232 g/mol. The van der Waals surface area contributed by atoms with Gasteiger partial charge in [0.2, 0.25) is 0 Å². The minimum Gasteiger partial charge on any atom is -0.507 e. The second kappa shape index (κ2) is 5.84. The van der Waals surface area contributed by atoms with Gasteiger partial charge >= 0.3 is 5.97 Å². The van der Waals surface area contributed by atoms with E-state index in [2.05, 4.69) is 0 Å². The molecule has 18 heavy (non-hydrogen) atoms. The van der Waals surface area contributed by atoms with Crippen LogP contribution >= 0.6 is 0 Å². The second-order valence-electron chi connectivity index (χ2n) is 4.71. The number of hydrogen-bond donors (Lipinski definition) is 3. The molecule has 0 fully saturated rings. The standard InChI is InChI=1S/C13H20N2O3/c1-8-4-9(11(6-14)13(17)18)5-10(12(8)16)7-15(2)3/h4-5,11,16H,6-7,14H2,1-3H3,(H,17,18). The first-order chi connectivity index (χ1) is 8.36. The molecule has 5 heteroatoms. The van der Waals surface area contributed by atoms with Gasteiger partial charge in [0.15, 0.2) is 0 Å². The lowest BCUT2D eigenvalue weighted by atomic mass is 9.94. The molecule has 0 aromatic heterocycles. The van der Waals surface area contributed by atoms with E-state index in [-0.39, 0.29) is 12.3 Å². The molecule has 0 bridgehead atoms. The van der Waals surface area contributed by atoms with Crippen molar-refractivity contribution in [1.82, 2.24) is 4.90 Å². The van der Waals surface area contributed by atoms with Crippen molar-refractivity contribution >= 4 is 5.97 Å². The van der Waals surface area contributed by atoms with Gasteiger partial charge in [-0.25, -0.2) is 0 Å². The summed E-state index contributed by atoms with van der Waals surface area (Å²) in [6, 6.07) is 3.40. The van der Waals surface area contributed by atoms with Crippen LogP contribution in [-0.2, 0) is 11.3 Å². The van der Waals surface area contributed by atoms with Crippen molar-refractivity contribution in [2.45, 2.75) is 19.4 Å². The number of aromatic hydroxyl groups is 1. The highest BCUT2D eigenvalue weighted by Crippen LogP contribution is 2.28. The van der Waals surface area contributed by atoms with Crippen molar-refractivity contribution in [2.24, 2.45) is 5.73 Å². The van der Waals surface area contributed by atoms with E-state index in [0.29, 0.717) is 17.7 Å². The summed E-state index contributed by atoms with van der Waals surface area (Å²) in [7, 11) is 3.78. The predicted octanol–water partition coefficient (Wildman–Crippen LogP) is 0.889. The van der Waals surface area contributed by atoms with Crippen molar-refractivity contribution in [2.75, 3.05) is 20.6 Å². The fourth-order valence-corrected chi connectivity index (χ4v) is 1.92. The molecule has 0 saturated heterocycles. The van der Waals surface area contributed by atoms with Gasteiger partial charge in [-0.2, -0.15) is 0 Å². The monoisotopic (exact) mass is 252 g/mol. The van der Waals surface area contributed by atoms with Crippen LogP contribution in [0.1, 0.15) is 22.6 Å². The van der Waals surface area contributed by atoms with Crippen molar-refractivity contribution < 1.29 is 15.0 Å². The Hall–Kier alpha value is -1.59. The quantitative estimate of drug-likeness (QED) is 0.724. The number of carboxylic acid groups (broad SMARTS) is 1. The first kappa shape index (κ1) is 14.5. The van der Waals surface area contributed by atoms with Gasteiger partial charge in [-0.05, 0) is 38.2 Å². The maximum atomic E-state index is 11.1. The Morgan fingerprint density at radius 2 is 2.06 bits per heavy atom. The van der Waals surface area contributed by atoms with Gasteiger partial charge in [0.25, 0.3) is 0 Å². The van der Waals surface area contributed by atoms with E-state index >= 15 is 0 Å². The minimum absolute atomic E-state index is 0.0426. The van der Waals surface area contributed by atoms with Crippen LogP contribution < -0.4 is 5.73 Å². The number of aryl methyl sites for hydroxylation is 1. The van der Waals surface area contributed by atoms with Crippen molar-refractivity contribution in [1.29, 1.82) is 0 Å². The number of carboxylic acids is 1. The third-order valence-electron chi connectivity index (χ3n) is 2.82. The van der Waals surface area contributed by atoms with Crippen LogP contribution in [0.25, 0.3) is 0 Å². The maximum Gasteiger partial charge on any atom is 0.312 e. The van der Waals surface area contributed by atoms with Gasteiger partial charge in [-0.3, -0.25) is 4.79 Å². The molecule has 0 saturated carbocycles. The predicted molar refractivity (Wildman–Crippen MR) is 69.7 cm³/mol. The summed E-state index contributed by atoms with van der Waals surface area (Å²) < 4.78 is 0. The highest BCUT2D eigenvalue weighted by Gasteiger charge is 2.20. The normalized spacial score (nSPS) is 12.7. The molecular formula is C13H20N2O3. The zero-order valence-corrected chi connectivity index (χ0v) is 11.0. The van der Waals surface area contributed by atoms with E-state index in [0.717, 1.165) is 5.56 Å². The molecule has 1 atom stereocenters. The van der Waals surface area contributed by atoms with Crippen LogP contribution in [0, 0.1) is 6.92 Å². The van der Waals surface area contributed by atoms with Gasteiger partial charge in [-0.1, -0.05) is 6.07 Å². The number of rotatable bonds is 5. The molecule has 0 aliphatic rings. The van der Waals surface area contributed by atoms with Gasteiger partial charge in [-0.15, -0.1) is 0 Å². The van der Waals surface area contributed by atoms with Crippen LogP contribution in [0.2, 0.25) is 0 Å². The molecule has 1 aromatic carbocycles. The third-order valence-corrected chi connectivity index (χ3v) is 2.82. The van der Waals surface area contributed by atoms with E-state index < -0.39 is 11.9 Å². The summed E-state index contributed by atoms with van der Waals surface area (Å²) in [5.41, 5.74) is 7.52. The Kier molecular flexibility index (Phi) is 4.69. The number of carbonyl (C=O) groups is 1. The van der Waals surface area contributed by atoms with Crippen LogP contribution in [0.5, 0.6) is 5.75 Å². The van der Waals surface area contributed by atoms with Crippen LogP contribution in [0.15, 0.2) is 12.1 Å². The molecule has 0 amide bonds. The number of benzene rings is 1. The summed E-state index contributed by atoms with van der Waals surface area (Å²) >= 11 is 0. The largest absolute Gasteiger partial charge is 0.507 e. The highest BCUT2D eigenvalue weighted by molar-refractivity contribution is 5.76. The van der Waals surface area contributed by atoms with E-state index in [4.69, 9.17) is 10.8 Å². The number of phenolic OH excluding ortho intramolecular Hbond substituents is 1. The Morgan fingerprint density at radius 3 is 2.50 bits per heavy atom. The van der Waals surface area contributed by atoms with E-state index in [9.17, 15) is 9.90 Å². The van der Waals surface area contributed by atoms with E-state index in [1.165, 1.54) is 0 Å². The molecule has 0 aliphatic carbocycles. The van der Waals surface area contributed by atoms with Gasteiger partial charge in [0.1, 0.15) is 5.75 Å². The van der Waals surface area contributed by atoms with E-state index in [1.54, 1.807) is 19.1 Å². The maximum absolute atomic E-state index is 11.1. The fourth-order valence-electron chi connectivity index (χ4n) is 1.92. The SMILES string of the molecule is Cc1cc(C(CN)C(=O)O)cc(CN(C)C)c1O. The molecule has 100 valence electrons. The summed E-state index contributed by atoms with van der Waals surface area (Å²) in [6.45, 7) is 2.35. The first-order valence-corrected chi connectivity index (χ1v) is 5.76. The summed E-state index contributed by atoms with van der Waals surface area (Å²) in [6.07, 6.45) is 0. The van der Waals surface area contributed by atoms with Crippen LogP contribution in [0.4, 0.5) is 0 Å². The molecule has 1 unspecified atom stereocenters. The average molecular weight is 252 g/mol. The van der Waals surface area contributed by atoms with Crippen LogP contribution in [-0.4, -0.2) is 41.7 Å². The molecule has 0 spiro atoms. The van der Waals surface area contributed by atoms with Crippen molar-refractivity contribution in [3.63, 3.8) is 0 Å². The average Bonchev–Trinajstić information content (AvgIpc) is 2.24. The summed E-state index contributed by atoms with van der Waals surface area (Å²) in [4.78, 5) is 13.0. The lowest BCUT2D eigenvalue weighted by Gasteiger charge is -2.17. The zero-order chi connectivity index (χ0) is 13.9. The number of nitrogens with two attached hydrogens (primary N) is 1. The minimum atomic E-state index is -0.946. The Balaban J connectivity index is 3.22. The Morgan fingerprint density at radius 1 is 1.44 bits per heavy atom. The second-order valence-corrected chi connectivity index (χ2v) is 4.71. The molecule has 0 heterocycles. The Labute approximate surface area is 107 Å². The molecule has 5 nitrogen and oxygen atoms in total. The molecule has 0 radical (unpaired) electrons. The number of nitrogens with zero attached hydrogens (tertiary/aromatic N) is 1. The topological polar surface area (TPSA) is 86.8 Å². The van der Waals surface area contributed by atoms with Crippen LogP contribution in [0.3, 0.4) is 0 Å². The summed E-state index contributed by atoms with van der Waals surface area (Å²) in [5, 5.41) is 19.1. The van der Waals surface area contributed by atoms with Crippen molar-refractivity contribution in [3.8, 4) is 5.75 Å². The lowest BCUT2D eigenvalue weighted by molar-refractivity contribution is -0.138. The zero-order valence-electron chi connectivity index (χ0n) is 11.0. The van der Waals surface area contributed by atoms with Gasteiger partial charge in [0.05, 0.1) is 5.92 Å². The fraction of sp³-hybridized carbons (Fsp3) is 0.462. The molecule has 0 aliphatic heterocycles. The van der Waals surface area contributed by atoms with Crippen molar-refractivity contribution in [3.05, 3.63) is 28.8 Å². The summed E-state index contributed by atoms with van der Waals surface area (Å²) in [5.74, 6) is -1.46. The molecule has 1 rings (SSSR count). The first-order valence-electron chi connectivity index (χ1n) is 5.76. The lowest BCUT2D eigenvalue weighted by Crippen LogP contribution is -2.21. The van der Waals surface area contributed by atoms with Gasteiger partial charge < -0.3 is 20.8 Å². The Bertz CT molecular complexity index is 444. The number of hydrogen-bond acceptors (Lipinski definition) is 4.